The van der Waals surface area contributed by atoms with E-state index in [1.54, 1.807) is 19.0 Å². The molecule has 0 aromatic rings. The Kier molecular flexibility index (Phi) is 4.32. The van der Waals surface area contributed by atoms with Crippen molar-refractivity contribution in [2.45, 2.75) is 55.8 Å². The molecule has 2 heterocycles. The lowest BCUT2D eigenvalue weighted by Gasteiger charge is -2.59. The van der Waals surface area contributed by atoms with Crippen molar-refractivity contribution >= 4 is 23.6 Å². The number of hydrogen-bond acceptors (Lipinski definition) is 4. The van der Waals surface area contributed by atoms with Gasteiger partial charge in [0.25, 0.3) is 0 Å². The Morgan fingerprint density at radius 1 is 1.04 bits per heavy atom. The molecule has 1 atom stereocenters. The summed E-state index contributed by atoms with van der Waals surface area (Å²) < 4.78 is 6.02. The Bertz CT molecular complexity index is 608. The van der Waals surface area contributed by atoms with Gasteiger partial charge in [-0.05, 0) is 62.7 Å². The third-order valence-electron chi connectivity index (χ3n) is 7.85. The standard InChI is InChI=1S/C21H32N2O3S/c1-22(2)18(24)10-26-17-9-21(27-11-17)12-23(13-21)19(25)20-6-14-3-15(7-20)5-16(4-14)8-20/h14-17H,3-13H2,1-2H3. The van der Waals surface area contributed by atoms with Crippen molar-refractivity contribution in [3.63, 3.8) is 0 Å². The van der Waals surface area contributed by atoms with Gasteiger partial charge in [0.05, 0.1) is 16.3 Å². The predicted molar refractivity (Wildman–Crippen MR) is 105 cm³/mol. The minimum absolute atomic E-state index is 0.00629. The highest BCUT2D eigenvalue weighted by Gasteiger charge is 2.59. The molecule has 0 aromatic carbocycles. The van der Waals surface area contributed by atoms with Crippen LogP contribution < -0.4 is 0 Å². The third-order valence-corrected chi connectivity index (χ3v) is 9.43. The summed E-state index contributed by atoms with van der Waals surface area (Å²) in [5.41, 5.74) is -0.00629. The van der Waals surface area contributed by atoms with Crippen LogP contribution in [0.2, 0.25) is 0 Å². The molecule has 0 radical (unpaired) electrons. The maximum absolute atomic E-state index is 13.4. The Morgan fingerprint density at radius 2 is 1.63 bits per heavy atom. The summed E-state index contributed by atoms with van der Waals surface area (Å²) in [4.78, 5) is 28.9. The second-order valence-corrected chi connectivity index (χ2v) is 11.8. The van der Waals surface area contributed by atoms with E-state index >= 15 is 0 Å². The lowest BCUT2D eigenvalue weighted by atomic mass is 9.49. The van der Waals surface area contributed by atoms with Gasteiger partial charge in [-0.3, -0.25) is 9.59 Å². The zero-order valence-electron chi connectivity index (χ0n) is 16.6. The van der Waals surface area contributed by atoms with E-state index in [-0.39, 0.29) is 28.8 Å². The SMILES string of the molecule is CN(C)C(=O)COC1CSC2(C1)CN(C(=O)C13CC4CC(CC(C4)C1)C3)C2. The first-order valence-electron chi connectivity index (χ1n) is 10.6. The Morgan fingerprint density at radius 3 is 2.19 bits per heavy atom. The molecule has 5 nitrogen and oxygen atoms in total. The Labute approximate surface area is 166 Å². The van der Waals surface area contributed by atoms with Gasteiger partial charge in [0, 0.05) is 32.9 Å². The zero-order chi connectivity index (χ0) is 18.8. The van der Waals surface area contributed by atoms with Crippen LogP contribution in [0.4, 0.5) is 0 Å². The summed E-state index contributed by atoms with van der Waals surface area (Å²) in [6.07, 6.45) is 8.76. The lowest BCUT2D eigenvalue weighted by molar-refractivity contribution is -0.163. The highest BCUT2D eigenvalue weighted by molar-refractivity contribution is 8.01. The molecule has 0 aromatic heterocycles. The molecule has 6 rings (SSSR count). The lowest BCUT2D eigenvalue weighted by Crippen LogP contribution is -2.65. The summed E-state index contributed by atoms with van der Waals surface area (Å²) in [5, 5.41) is 0. The van der Waals surface area contributed by atoms with E-state index in [2.05, 4.69) is 4.90 Å². The second-order valence-electron chi connectivity index (χ2n) is 10.3. The molecule has 150 valence electrons. The third kappa shape index (κ3) is 3.11. The number of rotatable bonds is 4. The molecule has 2 saturated heterocycles. The van der Waals surface area contributed by atoms with Crippen molar-refractivity contribution in [1.82, 2.24) is 9.80 Å². The number of likely N-dealkylation sites (tertiary alicyclic amines) is 1. The van der Waals surface area contributed by atoms with Crippen LogP contribution in [-0.4, -0.2) is 72.0 Å². The number of thioether (sulfide) groups is 1. The van der Waals surface area contributed by atoms with E-state index in [0.29, 0.717) is 5.91 Å². The molecule has 4 bridgehead atoms. The van der Waals surface area contributed by atoms with Crippen molar-refractivity contribution < 1.29 is 14.3 Å². The van der Waals surface area contributed by atoms with Crippen LogP contribution in [-0.2, 0) is 14.3 Å². The van der Waals surface area contributed by atoms with Crippen LogP contribution in [0.15, 0.2) is 0 Å². The number of carbonyl (C=O) groups is 2. The van der Waals surface area contributed by atoms with Crippen molar-refractivity contribution in [2.24, 2.45) is 23.2 Å². The van der Waals surface area contributed by atoms with Gasteiger partial charge in [0.15, 0.2) is 0 Å². The van der Waals surface area contributed by atoms with Gasteiger partial charge in [0.2, 0.25) is 11.8 Å². The van der Waals surface area contributed by atoms with Crippen LogP contribution in [0, 0.1) is 23.2 Å². The topological polar surface area (TPSA) is 49.9 Å². The van der Waals surface area contributed by atoms with Crippen LogP contribution >= 0.6 is 11.8 Å². The summed E-state index contributed by atoms with van der Waals surface area (Å²) in [5.74, 6) is 3.91. The quantitative estimate of drug-likeness (QED) is 0.737. The van der Waals surface area contributed by atoms with Crippen LogP contribution in [0.3, 0.4) is 0 Å². The summed E-state index contributed by atoms with van der Waals surface area (Å²) in [7, 11) is 3.52. The zero-order valence-corrected chi connectivity index (χ0v) is 17.4. The molecular weight excluding hydrogens is 360 g/mol. The molecule has 6 heteroatoms. The van der Waals surface area contributed by atoms with Crippen molar-refractivity contribution in [3.05, 3.63) is 0 Å². The predicted octanol–water partition coefficient (Wildman–Crippen LogP) is 2.39. The van der Waals surface area contributed by atoms with Gasteiger partial charge in [-0.1, -0.05) is 0 Å². The number of ether oxygens (including phenoxy) is 1. The molecular formula is C21H32N2O3S. The van der Waals surface area contributed by atoms with E-state index in [1.165, 1.54) is 19.3 Å². The van der Waals surface area contributed by atoms with E-state index in [4.69, 9.17) is 4.74 Å². The van der Waals surface area contributed by atoms with Gasteiger partial charge < -0.3 is 14.5 Å². The van der Waals surface area contributed by atoms with Crippen molar-refractivity contribution in [3.8, 4) is 0 Å². The first-order chi connectivity index (χ1) is 12.9. The van der Waals surface area contributed by atoms with Crippen LogP contribution in [0.25, 0.3) is 0 Å². The number of hydrogen-bond donors (Lipinski definition) is 0. The normalized spacial score (nSPS) is 41.0. The smallest absolute Gasteiger partial charge is 0.248 e. The fourth-order valence-electron chi connectivity index (χ4n) is 6.95. The Balaban J connectivity index is 1.16. The maximum atomic E-state index is 13.4. The summed E-state index contributed by atoms with van der Waals surface area (Å²) in [6, 6.07) is 0. The van der Waals surface area contributed by atoms with E-state index in [1.807, 2.05) is 11.8 Å². The molecule has 0 N–H and O–H groups in total. The number of likely N-dealkylation sites (N-methyl/N-ethyl adjacent to an activating group) is 1. The minimum Gasteiger partial charge on any atom is -0.367 e. The minimum atomic E-state index is -0.00629. The van der Waals surface area contributed by atoms with Gasteiger partial charge >= 0.3 is 0 Å². The molecule has 1 unspecified atom stereocenters. The first-order valence-corrected chi connectivity index (χ1v) is 11.6. The van der Waals surface area contributed by atoms with Crippen molar-refractivity contribution in [1.29, 1.82) is 0 Å². The van der Waals surface area contributed by atoms with Crippen LogP contribution in [0.5, 0.6) is 0 Å². The molecule has 2 amide bonds. The molecule has 2 aliphatic heterocycles. The summed E-state index contributed by atoms with van der Waals surface area (Å²) in [6.45, 7) is 1.95. The average Bonchev–Trinajstić information content (AvgIpc) is 3.01. The number of carbonyl (C=O) groups excluding carboxylic acids is 2. The van der Waals surface area contributed by atoms with Gasteiger partial charge in [-0.25, -0.2) is 0 Å². The molecule has 1 spiro atoms. The number of nitrogens with zero attached hydrogens (tertiary/aromatic N) is 2. The van der Waals surface area contributed by atoms with Crippen LogP contribution in [0.1, 0.15) is 44.9 Å². The fourth-order valence-corrected chi connectivity index (χ4v) is 8.50. The highest BCUT2D eigenvalue weighted by Crippen LogP contribution is 2.61. The van der Waals surface area contributed by atoms with E-state index < -0.39 is 0 Å². The monoisotopic (exact) mass is 392 g/mol. The van der Waals surface area contributed by atoms with Gasteiger partial charge in [-0.2, -0.15) is 0 Å². The molecule has 27 heavy (non-hydrogen) atoms. The molecule has 6 fully saturated rings. The Hall–Kier alpha value is -0.750. The molecule has 4 aliphatic carbocycles. The first kappa shape index (κ1) is 18.3. The van der Waals surface area contributed by atoms with Crippen molar-refractivity contribution in [2.75, 3.05) is 39.5 Å². The van der Waals surface area contributed by atoms with E-state index in [0.717, 1.165) is 62.3 Å². The second kappa shape index (κ2) is 6.38. The highest BCUT2D eigenvalue weighted by atomic mass is 32.2. The van der Waals surface area contributed by atoms with Gasteiger partial charge in [-0.15, -0.1) is 11.8 Å². The maximum Gasteiger partial charge on any atom is 0.248 e. The van der Waals surface area contributed by atoms with E-state index in [9.17, 15) is 9.59 Å². The van der Waals surface area contributed by atoms with Gasteiger partial charge in [0.1, 0.15) is 6.61 Å². The average molecular weight is 393 g/mol. The summed E-state index contributed by atoms with van der Waals surface area (Å²) >= 11 is 1.95. The molecule has 4 saturated carbocycles. The largest absolute Gasteiger partial charge is 0.367 e. The molecule has 6 aliphatic rings. The number of amides is 2. The fraction of sp³-hybridized carbons (Fsp3) is 0.905.